The van der Waals surface area contributed by atoms with Gasteiger partial charge >= 0.3 is 0 Å². The lowest BCUT2D eigenvalue weighted by molar-refractivity contribution is -0.124. The molecule has 1 aliphatic heterocycles. The average molecular weight is 281 g/mol. The number of carbonyl (C=O) groups excluding carboxylic acids is 1. The number of ether oxygens (including phenoxy) is 1. The van der Waals surface area contributed by atoms with Crippen LogP contribution in [0.5, 0.6) is 0 Å². The van der Waals surface area contributed by atoms with Crippen molar-refractivity contribution >= 4 is 5.91 Å². The Bertz CT molecular complexity index is 395. The van der Waals surface area contributed by atoms with Crippen LogP contribution in [0, 0.1) is 0 Å². The van der Waals surface area contributed by atoms with Crippen molar-refractivity contribution in [1.82, 2.24) is 10.2 Å². The molecule has 3 aliphatic rings. The molecular weight excluding hydrogens is 254 g/mol. The van der Waals surface area contributed by atoms with Crippen LogP contribution >= 0.6 is 0 Å². The van der Waals surface area contributed by atoms with Crippen molar-refractivity contribution in [3.05, 3.63) is 0 Å². The van der Waals surface area contributed by atoms with Crippen molar-refractivity contribution in [2.24, 2.45) is 5.73 Å². The number of rotatable bonds is 4. The first-order valence-corrected chi connectivity index (χ1v) is 7.86. The van der Waals surface area contributed by atoms with E-state index < -0.39 is 5.54 Å². The van der Waals surface area contributed by atoms with Gasteiger partial charge < -0.3 is 15.8 Å². The fourth-order valence-electron chi connectivity index (χ4n) is 3.74. The van der Waals surface area contributed by atoms with Gasteiger partial charge in [-0.05, 0) is 46.0 Å². The summed E-state index contributed by atoms with van der Waals surface area (Å²) in [6, 6.07) is 0.972. The lowest BCUT2D eigenvalue weighted by Gasteiger charge is -2.41. The minimum atomic E-state index is -0.464. The summed E-state index contributed by atoms with van der Waals surface area (Å²) in [5.41, 5.74) is 5.16. The van der Waals surface area contributed by atoms with E-state index in [1.165, 1.54) is 12.8 Å². The van der Waals surface area contributed by atoms with Gasteiger partial charge in [0.15, 0.2) is 0 Å². The van der Waals surface area contributed by atoms with Crippen LogP contribution in [0.1, 0.15) is 46.0 Å². The van der Waals surface area contributed by atoms with E-state index in [0.717, 1.165) is 39.0 Å². The van der Waals surface area contributed by atoms with Crippen LogP contribution in [-0.4, -0.2) is 53.7 Å². The number of nitrogens with one attached hydrogen (secondary N) is 1. The van der Waals surface area contributed by atoms with E-state index in [0.29, 0.717) is 12.1 Å². The van der Waals surface area contributed by atoms with Gasteiger partial charge in [0.05, 0.1) is 17.7 Å². The van der Waals surface area contributed by atoms with E-state index in [2.05, 4.69) is 24.1 Å². The Morgan fingerprint density at radius 2 is 2.10 bits per heavy atom. The number of nitrogens with zero attached hydrogens (tertiary/aromatic N) is 1. The summed E-state index contributed by atoms with van der Waals surface area (Å²) in [5, 5.41) is 3.52. The predicted molar refractivity (Wildman–Crippen MR) is 77.3 cm³/mol. The Morgan fingerprint density at radius 1 is 1.35 bits per heavy atom. The highest BCUT2D eigenvalue weighted by Crippen LogP contribution is 2.37. The molecule has 2 aliphatic carbocycles. The molecule has 3 N–H and O–H groups in total. The number of hydrogen-bond acceptors (Lipinski definition) is 4. The molecule has 2 unspecified atom stereocenters. The van der Waals surface area contributed by atoms with Crippen LogP contribution in [0.3, 0.4) is 0 Å². The summed E-state index contributed by atoms with van der Waals surface area (Å²) in [6.07, 6.45) is 5.16. The third-order valence-corrected chi connectivity index (χ3v) is 4.99. The predicted octanol–water partition coefficient (Wildman–Crippen LogP) is 0.626. The van der Waals surface area contributed by atoms with E-state index in [-0.39, 0.29) is 11.5 Å². The Morgan fingerprint density at radius 3 is 2.70 bits per heavy atom. The zero-order valence-corrected chi connectivity index (χ0v) is 12.7. The molecule has 1 saturated heterocycles. The minimum absolute atomic E-state index is 0.0832. The first kappa shape index (κ1) is 14.3. The van der Waals surface area contributed by atoms with Crippen molar-refractivity contribution < 1.29 is 9.53 Å². The first-order chi connectivity index (χ1) is 9.40. The molecule has 5 nitrogen and oxygen atoms in total. The summed E-state index contributed by atoms with van der Waals surface area (Å²) in [5.74, 6) is -0.167. The van der Waals surface area contributed by atoms with Gasteiger partial charge in [0.25, 0.3) is 0 Å². The van der Waals surface area contributed by atoms with Gasteiger partial charge in [-0.15, -0.1) is 0 Å². The second kappa shape index (κ2) is 4.97. The summed E-state index contributed by atoms with van der Waals surface area (Å²) in [4.78, 5) is 14.4. The van der Waals surface area contributed by atoms with Crippen molar-refractivity contribution in [2.45, 2.75) is 69.2 Å². The molecule has 0 aromatic carbocycles. The van der Waals surface area contributed by atoms with Crippen LogP contribution in [0.2, 0.25) is 0 Å². The normalized spacial score (nSPS) is 38.0. The van der Waals surface area contributed by atoms with Crippen molar-refractivity contribution in [3.8, 4) is 0 Å². The molecule has 0 aromatic rings. The molecule has 0 bridgehead atoms. The number of primary amides is 1. The van der Waals surface area contributed by atoms with E-state index in [1.54, 1.807) is 0 Å². The van der Waals surface area contributed by atoms with Gasteiger partial charge in [-0.3, -0.25) is 9.69 Å². The molecule has 20 heavy (non-hydrogen) atoms. The maximum absolute atomic E-state index is 12.0. The Balaban J connectivity index is 1.66. The van der Waals surface area contributed by atoms with Crippen LogP contribution < -0.4 is 11.1 Å². The topological polar surface area (TPSA) is 67.6 Å². The number of hydrogen-bond donors (Lipinski definition) is 2. The van der Waals surface area contributed by atoms with Crippen LogP contribution in [-0.2, 0) is 9.53 Å². The number of nitrogens with two attached hydrogens (primary N) is 1. The maximum atomic E-state index is 12.0. The van der Waals surface area contributed by atoms with Crippen LogP contribution in [0.4, 0.5) is 0 Å². The van der Waals surface area contributed by atoms with E-state index in [9.17, 15) is 4.79 Å². The number of morpholine rings is 1. The standard InChI is InChI=1S/C15H27N3O2/c1-14(2)10-18(7-8-20-14)12-5-6-15(9-12,13(16)19)17-11-3-4-11/h11-12,17H,3-10H2,1-2H3,(H2,16,19). The lowest BCUT2D eigenvalue weighted by Crippen LogP contribution is -2.57. The highest BCUT2D eigenvalue weighted by atomic mass is 16.5. The second-order valence-corrected chi connectivity index (χ2v) is 7.34. The molecule has 0 aromatic heterocycles. The number of amides is 1. The summed E-state index contributed by atoms with van der Waals surface area (Å²) >= 11 is 0. The fourth-order valence-corrected chi connectivity index (χ4v) is 3.74. The van der Waals surface area contributed by atoms with Gasteiger partial charge in [0.2, 0.25) is 5.91 Å². The third kappa shape index (κ3) is 2.85. The summed E-state index contributed by atoms with van der Waals surface area (Å²) in [7, 11) is 0. The molecule has 1 heterocycles. The molecule has 114 valence electrons. The Kier molecular flexibility index (Phi) is 3.55. The molecule has 0 spiro atoms. The quantitative estimate of drug-likeness (QED) is 0.793. The van der Waals surface area contributed by atoms with Gasteiger partial charge in [0, 0.05) is 25.2 Å². The molecule has 2 atom stereocenters. The molecule has 1 amide bonds. The number of carbonyl (C=O) groups is 1. The SMILES string of the molecule is CC1(C)CN(C2CCC(NC3CC3)(C(N)=O)C2)CCO1. The molecule has 2 saturated carbocycles. The average Bonchev–Trinajstić information content (AvgIpc) is 3.04. The van der Waals surface area contributed by atoms with Crippen molar-refractivity contribution in [1.29, 1.82) is 0 Å². The second-order valence-electron chi connectivity index (χ2n) is 7.34. The molecule has 0 radical (unpaired) electrons. The van der Waals surface area contributed by atoms with Crippen LogP contribution in [0.15, 0.2) is 0 Å². The van der Waals surface area contributed by atoms with E-state index in [1.807, 2.05) is 0 Å². The van der Waals surface area contributed by atoms with Crippen LogP contribution in [0.25, 0.3) is 0 Å². The summed E-state index contributed by atoms with van der Waals surface area (Å²) < 4.78 is 5.78. The lowest BCUT2D eigenvalue weighted by atomic mass is 9.95. The Hall–Kier alpha value is -0.650. The highest BCUT2D eigenvalue weighted by Gasteiger charge is 2.48. The van der Waals surface area contributed by atoms with E-state index in [4.69, 9.17) is 10.5 Å². The van der Waals surface area contributed by atoms with Crippen molar-refractivity contribution in [3.63, 3.8) is 0 Å². The van der Waals surface area contributed by atoms with E-state index >= 15 is 0 Å². The molecule has 5 heteroatoms. The molecule has 3 rings (SSSR count). The van der Waals surface area contributed by atoms with Gasteiger partial charge in [-0.2, -0.15) is 0 Å². The van der Waals surface area contributed by atoms with Crippen molar-refractivity contribution in [2.75, 3.05) is 19.7 Å². The monoisotopic (exact) mass is 281 g/mol. The van der Waals surface area contributed by atoms with Gasteiger partial charge in [-0.25, -0.2) is 0 Å². The molecule has 3 fully saturated rings. The summed E-state index contributed by atoms with van der Waals surface area (Å²) in [6.45, 7) is 6.96. The Labute approximate surface area is 121 Å². The third-order valence-electron chi connectivity index (χ3n) is 4.99. The smallest absolute Gasteiger partial charge is 0.237 e. The minimum Gasteiger partial charge on any atom is -0.373 e. The molecular formula is C15H27N3O2. The fraction of sp³-hybridized carbons (Fsp3) is 0.933. The maximum Gasteiger partial charge on any atom is 0.237 e. The largest absolute Gasteiger partial charge is 0.373 e. The first-order valence-electron chi connectivity index (χ1n) is 7.86. The zero-order valence-electron chi connectivity index (χ0n) is 12.7. The van der Waals surface area contributed by atoms with Gasteiger partial charge in [-0.1, -0.05) is 0 Å². The van der Waals surface area contributed by atoms with Gasteiger partial charge in [0.1, 0.15) is 0 Å². The highest BCUT2D eigenvalue weighted by molar-refractivity contribution is 5.85. The zero-order chi connectivity index (χ0) is 14.4.